The molecule has 2 rings (SSSR count). The number of methoxy groups -OCH3 is 2. The van der Waals surface area contributed by atoms with Gasteiger partial charge in [-0.15, -0.1) is 0 Å². The molecule has 0 heterocycles. The number of aliphatic hydroxyl groups is 1. The fourth-order valence-electron chi connectivity index (χ4n) is 1.65. The first-order valence-corrected chi connectivity index (χ1v) is 7.11. The molecule has 25 heavy (non-hydrogen) atoms. The van der Waals surface area contributed by atoms with E-state index in [-0.39, 0.29) is 5.56 Å². The van der Waals surface area contributed by atoms with Crippen molar-refractivity contribution in [3.05, 3.63) is 53.4 Å². The van der Waals surface area contributed by atoms with Gasteiger partial charge in [-0.05, 0) is 61.4 Å². The van der Waals surface area contributed by atoms with Crippen LogP contribution in [0.15, 0.2) is 42.3 Å². The lowest BCUT2D eigenvalue weighted by Gasteiger charge is -2.13. The molecule has 4 heteroatoms. The monoisotopic (exact) mass is 361 g/mol. The van der Waals surface area contributed by atoms with Crippen molar-refractivity contribution >= 4 is 0 Å². The van der Waals surface area contributed by atoms with Crippen molar-refractivity contribution in [3.63, 3.8) is 0 Å². The van der Waals surface area contributed by atoms with Crippen LogP contribution in [0.2, 0.25) is 0 Å². The molecule has 4 nitrogen and oxygen atoms in total. The fraction of sp³-hybridized carbons (Fsp3) is 0.429. The Bertz CT molecular complexity index is 1330. The van der Waals surface area contributed by atoms with E-state index in [0.29, 0.717) is 0 Å². The predicted octanol–water partition coefficient (Wildman–Crippen LogP) is 4.16. The van der Waals surface area contributed by atoms with Crippen LogP contribution < -0.4 is 14.2 Å². The highest BCUT2D eigenvalue weighted by Gasteiger charge is 2.07. The number of hydrogen-bond acceptors (Lipinski definition) is 4. The Hall–Kier alpha value is -2.20. The summed E-state index contributed by atoms with van der Waals surface area (Å²) in [6, 6.07) is -5.61. The normalized spacial score (nSPS) is 25.2. The van der Waals surface area contributed by atoms with Gasteiger partial charge in [-0.3, -0.25) is 0 Å². The van der Waals surface area contributed by atoms with Gasteiger partial charge in [-0.25, -0.2) is 0 Å². The number of ether oxygens (including phenoxy) is 3. The lowest BCUT2D eigenvalue weighted by atomic mass is 10.0. The first-order valence-electron chi connectivity index (χ1n) is 15.6. The topological polar surface area (TPSA) is 47.9 Å². The van der Waals surface area contributed by atoms with Crippen molar-refractivity contribution in [1.29, 1.82) is 0 Å². The Labute approximate surface area is 174 Å². The molecular formula is C21H28O4. The Morgan fingerprint density at radius 2 is 2.08 bits per heavy atom. The Morgan fingerprint density at radius 1 is 1.20 bits per heavy atom. The fourth-order valence-corrected chi connectivity index (χ4v) is 1.65. The van der Waals surface area contributed by atoms with Crippen LogP contribution in [0.25, 0.3) is 0 Å². The third-order valence-corrected chi connectivity index (χ3v) is 2.75. The predicted molar refractivity (Wildman–Crippen MR) is 99.8 cm³/mol. The molecule has 136 valence electrons. The Morgan fingerprint density at radius 3 is 2.88 bits per heavy atom. The van der Waals surface area contributed by atoms with Gasteiger partial charge in [-0.1, -0.05) is 24.5 Å². The summed E-state index contributed by atoms with van der Waals surface area (Å²) in [6.07, 6.45) is -12.3. The van der Waals surface area contributed by atoms with Crippen molar-refractivity contribution < 1.29 is 42.6 Å². The van der Waals surface area contributed by atoms with Crippen LogP contribution in [0.3, 0.4) is 0 Å². The minimum atomic E-state index is -3.85. The van der Waals surface area contributed by atoms with Crippen molar-refractivity contribution in [3.8, 4) is 17.2 Å². The zero-order chi connectivity index (χ0) is 33.0. The molecule has 1 atom stereocenters. The van der Waals surface area contributed by atoms with Gasteiger partial charge in [0.1, 0.15) is 12.3 Å². The summed E-state index contributed by atoms with van der Waals surface area (Å²) in [4.78, 5) is 0. The summed E-state index contributed by atoms with van der Waals surface area (Å²) >= 11 is 0. The number of benzene rings is 2. The molecule has 0 amide bonds. The van der Waals surface area contributed by atoms with E-state index in [9.17, 15) is 5.11 Å². The van der Waals surface area contributed by atoms with Gasteiger partial charge in [-0.2, -0.15) is 0 Å². The van der Waals surface area contributed by atoms with Gasteiger partial charge in [0, 0.05) is 5.48 Å². The highest BCUT2D eigenvalue weighted by molar-refractivity contribution is 5.42. The minimum absolute atomic E-state index is 0.181. The summed E-state index contributed by atoms with van der Waals surface area (Å²) in [5.74, 6) is -2.44. The lowest BCUT2D eigenvalue weighted by molar-refractivity contribution is 0.0976. The molecule has 1 unspecified atom stereocenters. The van der Waals surface area contributed by atoms with Gasteiger partial charge in [0.05, 0.1) is 38.0 Å². The van der Waals surface area contributed by atoms with Gasteiger partial charge in [0.15, 0.2) is 11.5 Å². The van der Waals surface area contributed by atoms with Crippen molar-refractivity contribution in [2.45, 2.75) is 38.6 Å². The van der Waals surface area contributed by atoms with Gasteiger partial charge in [0.25, 0.3) is 0 Å². The maximum atomic E-state index is 10.7. The molecule has 0 spiro atoms. The second kappa shape index (κ2) is 9.94. The number of rotatable bonds is 10. The summed E-state index contributed by atoms with van der Waals surface area (Å²) in [6.45, 7) is -2.50. The molecule has 2 aromatic rings. The third-order valence-electron chi connectivity index (χ3n) is 2.75. The minimum Gasteiger partial charge on any atom is -0.493 e. The van der Waals surface area contributed by atoms with Crippen molar-refractivity contribution in [1.82, 2.24) is 0 Å². The van der Waals surface area contributed by atoms with E-state index in [1.54, 1.807) is 0 Å². The molecule has 0 saturated heterocycles. The molecule has 0 aromatic heterocycles. The van der Waals surface area contributed by atoms with E-state index >= 15 is 0 Å². The van der Waals surface area contributed by atoms with E-state index in [0.717, 1.165) is 7.11 Å². The summed E-state index contributed by atoms with van der Waals surface area (Å²) < 4.78 is 150. The van der Waals surface area contributed by atoms with Crippen LogP contribution in [0.1, 0.15) is 53.6 Å². The molecule has 0 aliphatic heterocycles. The molecule has 0 bridgehead atoms. The second-order valence-corrected chi connectivity index (χ2v) is 4.57. The van der Waals surface area contributed by atoms with Crippen LogP contribution in [0.4, 0.5) is 0 Å². The van der Waals surface area contributed by atoms with Crippen LogP contribution in [-0.2, 0) is 6.37 Å². The molecule has 0 aliphatic rings. The summed E-state index contributed by atoms with van der Waals surface area (Å²) in [7, 11) is -2.15. The highest BCUT2D eigenvalue weighted by Crippen LogP contribution is 2.28. The van der Waals surface area contributed by atoms with Crippen LogP contribution in [0.5, 0.6) is 17.2 Å². The molecule has 0 aliphatic carbocycles. The average Bonchev–Trinajstić information content (AvgIpc) is 2.85. The lowest BCUT2D eigenvalue weighted by Crippen LogP contribution is -2.17. The van der Waals surface area contributed by atoms with E-state index < -0.39 is 110 Å². The van der Waals surface area contributed by atoms with Gasteiger partial charge in [0.2, 0.25) is 0 Å². The molecule has 0 radical (unpaired) electrons. The molecule has 0 fully saturated rings. The second-order valence-electron chi connectivity index (χ2n) is 4.57. The standard InChI is InChI=1S/C21H28O4/c1-16-7-6-10-19(13-16)25-15-18(22)9-5-4-8-17-11-12-20(23-2)21(14-17)24-3/h6-7,10-14,18,22H,4-5,8-9,15H2,1-3H3/i3D3,6D,7D,8D2,9D2,10D,11D,12D,13D,14D,15D2,18D. The number of hydrogen-bond donors (Lipinski definition) is 1. The van der Waals surface area contributed by atoms with Crippen molar-refractivity contribution in [2.24, 2.45) is 0 Å². The average molecular weight is 362 g/mol. The zero-order valence-corrected chi connectivity index (χ0v) is 13.6. The van der Waals surface area contributed by atoms with Crippen molar-refractivity contribution in [2.75, 3.05) is 20.7 Å². The molecule has 1 N–H and O–H groups in total. The van der Waals surface area contributed by atoms with Crippen LogP contribution in [0, 0.1) is 6.92 Å². The van der Waals surface area contributed by atoms with Gasteiger partial charge < -0.3 is 19.3 Å². The zero-order valence-electron chi connectivity index (χ0n) is 30.6. The Balaban J connectivity index is 2.50. The molecule has 0 saturated carbocycles. The van der Waals surface area contributed by atoms with E-state index in [4.69, 9.17) is 37.5 Å². The first kappa shape index (κ1) is 6.51. The Kier molecular flexibility index (Phi) is 2.59. The molecular weight excluding hydrogens is 316 g/mol. The van der Waals surface area contributed by atoms with E-state index in [1.165, 1.54) is 6.92 Å². The maximum absolute atomic E-state index is 10.7. The van der Waals surface area contributed by atoms with E-state index in [2.05, 4.69) is 0 Å². The van der Waals surface area contributed by atoms with Crippen LogP contribution >= 0.6 is 0 Å². The van der Waals surface area contributed by atoms with Gasteiger partial charge >= 0.3 is 0 Å². The maximum Gasteiger partial charge on any atom is 0.160 e. The smallest absolute Gasteiger partial charge is 0.160 e. The summed E-state index contributed by atoms with van der Waals surface area (Å²) in [5.41, 5.74) is -1.07. The first-order chi connectivity index (χ1) is 18.8. The van der Waals surface area contributed by atoms with Crippen LogP contribution in [-0.4, -0.2) is 31.9 Å². The quantitative estimate of drug-likeness (QED) is 0.690. The largest absolute Gasteiger partial charge is 0.493 e. The molecule has 2 aromatic carbocycles. The third kappa shape index (κ3) is 6.31. The van der Waals surface area contributed by atoms with E-state index in [1.807, 2.05) is 0 Å². The highest BCUT2D eigenvalue weighted by atomic mass is 16.5. The SMILES string of the molecule is [2H]c1c([2H])c(C)c([2H])c(OC([2H])([2H])C([2H])(O)C([2H])([2H])CCC([2H])([2H])c2c([2H])c([2H])c(OC)c(OC([2H])([2H])[2H])c2[2H])c1[2H]. The summed E-state index contributed by atoms with van der Waals surface area (Å²) in [5, 5.41) is 10.7.